The smallest absolute Gasteiger partial charge is 0.159 e. The van der Waals surface area contributed by atoms with Crippen molar-refractivity contribution >= 4 is 27.3 Å². The molecular formula is C14H14BrF2NS. The summed E-state index contributed by atoms with van der Waals surface area (Å²) in [6.07, 6.45) is 0.747. The fourth-order valence-corrected chi connectivity index (χ4v) is 3.50. The molecule has 1 atom stereocenters. The maximum atomic E-state index is 13.3. The van der Waals surface area contributed by atoms with Crippen LogP contribution in [0.25, 0.3) is 0 Å². The fraction of sp³-hybridized carbons (Fsp3) is 0.286. The van der Waals surface area contributed by atoms with Gasteiger partial charge in [0.05, 0.1) is 0 Å². The summed E-state index contributed by atoms with van der Waals surface area (Å²) in [5.41, 5.74) is 0.765. The molecule has 1 N–H and O–H groups in total. The Balaban J connectivity index is 2.24. The third-order valence-electron chi connectivity index (χ3n) is 2.88. The molecule has 1 nitrogen and oxygen atoms in total. The highest BCUT2D eigenvalue weighted by atomic mass is 79.9. The van der Waals surface area contributed by atoms with Crippen molar-refractivity contribution in [1.82, 2.24) is 5.32 Å². The number of likely N-dealkylation sites (N-methyl/N-ethyl adjacent to an activating group) is 1. The highest BCUT2D eigenvalue weighted by Gasteiger charge is 2.15. The topological polar surface area (TPSA) is 12.0 Å². The van der Waals surface area contributed by atoms with Crippen LogP contribution in [0.3, 0.4) is 0 Å². The first-order valence-electron chi connectivity index (χ1n) is 6.02. The Hall–Kier alpha value is -0.780. The zero-order valence-corrected chi connectivity index (χ0v) is 12.8. The van der Waals surface area contributed by atoms with Crippen molar-refractivity contribution in [3.63, 3.8) is 0 Å². The van der Waals surface area contributed by atoms with Gasteiger partial charge in [0, 0.05) is 21.8 Å². The van der Waals surface area contributed by atoms with E-state index in [0.29, 0.717) is 0 Å². The van der Waals surface area contributed by atoms with E-state index in [0.717, 1.165) is 23.0 Å². The molecule has 0 radical (unpaired) electrons. The van der Waals surface area contributed by atoms with Gasteiger partial charge in [-0.3, -0.25) is 0 Å². The molecule has 0 fully saturated rings. The van der Waals surface area contributed by atoms with Gasteiger partial charge in [-0.25, -0.2) is 8.78 Å². The molecular weight excluding hydrogens is 332 g/mol. The summed E-state index contributed by atoms with van der Waals surface area (Å²) in [6.45, 7) is 2.77. The Labute approximate surface area is 123 Å². The van der Waals surface area contributed by atoms with Crippen LogP contribution in [0.4, 0.5) is 8.78 Å². The van der Waals surface area contributed by atoms with Crippen LogP contribution in [0.1, 0.15) is 23.4 Å². The number of rotatable bonds is 5. The SMILES string of the molecule is CCNC(Cc1sccc1Br)c1ccc(F)c(F)c1. The molecule has 1 unspecified atom stereocenters. The van der Waals surface area contributed by atoms with E-state index in [4.69, 9.17) is 0 Å². The first-order chi connectivity index (χ1) is 9.11. The van der Waals surface area contributed by atoms with Crippen molar-refractivity contribution in [1.29, 1.82) is 0 Å². The van der Waals surface area contributed by atoms with Gasteiger partial charge in [0.25, 0.3) is 0 Å². The standard InChI is InChI=1S/C14H14BrF2NS/c1-2-18-13(8-14-10(15)5-6-19-14)9-3-4-11(16)12(17)7-9/h3-7,13,18H,2,8H2,1H3. The maximum absolute atomic E-state index is 13.3. The first-order valence-corrected chi connectivity index (χ1v) is 7.69. The molecule has 0 aliphatic carbocycles. The molecule has 1 heterocycles. The van der Waals surface area contributed by atoms with E-state index in [1.165, 1.54) is 17.0 Å². The van der Waals surface area contributed by atoms with Gasteiger partial charge >= 0.3 is 0 Å². The summed E-state index contributed by atoms with van der Waals surface area (Å²) < 4.78 is 27.4. The lowest BCUT2D eigenvalue weighted by Gasteiger charge is -2.18. The Morgan fingerprint density at radius 3 is 2.63 bits per heavy atom. The third-order valence-corrected chi connectivity index (χ3v) is 4.83. The van der Waals surface area contributed by atoms with Crippen molar-refractivity contribution in [2.75, 3.05) is 6.54 Å². The molecule has 0 saturated carbocycles. The normalized spacial score (nSPS) is 12.6. The molecule has 0 aliphatic heterocycles. The Morgan fingerprint density at radius 1 is 1.26 bits per heavy atom. The lowest BCUT2D eigenvalue weighted by atomic mass is 10.0. The van der Waals surface area contributed by atoms with Gasteiger partial charge in [0.15, 0.2) is 11.6 Å². The molecule has 1 aromatic heterocycles. The minimum atomic E-state index is -0.809. The van der Waals surface area contributed by atoms with E-state index in [2.05, 4.69) is 21.2 Å². The first kappa shape index (κ1) is 14.6. The van der Waals surface area contributed by atoms with E-state index >= 15 is 0 Å². The van der Waals surface area contributed by atoms with E-state index < -0.39 is 11.6 Å². The number of hydrogen-bond acceptors (Lipinski definition) is 2. The quantitative estimate of drug-likeness (QED) is 0.829. The Bertz CT molecular complexity index is 556. The van der Waals surface area contributed by atoms with Crippen molar-refractivity contribution < 1.29 is 8.78 Å². The van der Waals surface area contributed by atoms with Crippen LogP contribution in [0.5, 0.6) is 0 Å². The number of nitrogens with one attached hydrogen (secondary N) is 1. The number of halogens is 3. The van der Waals surface area contributed by atoms with E-state index in [-0.39, 0.29) is 6.04 Å². The summed E-state index contributed by atoms with van der Waals surface area (Å²) in [5, 5.41) is 5.32. The van der Waals surface area contributed by atoms with Crippen LogP contribution in [0, 0.1) is 11.6 Å². The van der Waals surface area contributed by atoms with Gasteiger partial charge in [-0.15, -0.1) is 11.3 Å². The van der Waals surface area contributed by atoms with Crippen LogP contribution >= 0.6 is 27.3 Å². The summed E-state index contributed by atoms with van der Waals surface area (Å²) in [6, 6.07) is 6.06. The number of benzene rings is 1. The van der Waals surface area contributed by atoms with Crippen LogP contribution in [0.15, 0.2) is 34.1 Å². The van der Waals surface area contributed by atoms with E-state index in [1.54, 1.807) is 17.4 Å². The van der Waals surface area contributed by atoms with Crippen LogP contribution in [0.2, 0.25) is 0 Å². The zero-order chi connectivity index (χ0) is 13.8. The fourth-order valence-electron chi connectivity index (χ4n) is 1.94. The molecule has 0 aliphatic rings. The van der Waals surface area contributed by atoms with Crippen molar-refractivity contribution in [3.8, 4) is 0 Å². The molecule has 102 valence electrons. The molecule has 5 heteroatoms. The second-order valence-electron chi connectivity index (χ2n) is 4.18. The summed E-state index contributed by atoms with van der Waals surface area (Å²) >= 11 is 5.14. The van der Waals surface area contributed by atoms with Gasteiger partial charge in [-0.2, -0.15) is 0 Å². The minimum absolute atomic E-state index is 0.0185. The highest BCUT2D eigenvalue weighted by Crippen LogP contribution is 2.28. The Kier molecular flexibility index (Phi) is 5.07. The predicted octanol–water partition coefficient (Wildman–Crippen LogP) is 4.68. The average molecular weight is 346 g/mol. The maximum Gasteiger partial charge on any atom is 0.159 e. The molecule has 2 rings (SSSR count). The second-order valence-corrected chi connectivity index (χ2v) is 6.03. The van der Waals surface area contributed by atoms with Gasteiger partial charge in [-0.05, 0) is 51.6 Å². The van der Waals surface area contributed by atoms with Crippen molar-refractivity contribution in [2.24, 2.45) is 0 Å². The molecule has 0 amide bonds. The van der Waals surface area contributed by atoms with Crippen LogP contribution in [-0.2, 0) is 6.42 Å². The molecule has 0 saturated heterocycles. The predicted molar refractivity (Wildman–Crippen MR) is 78.5 cm³/mol. The van der Waals surface area contributed by atoms with Gasteiger partial charge < -0.3 is 5.32 Å². The van der Waals surface area contributed by atoms with Gasteiger partial charge in [0.1, 0.15) is 0 Å². The summed E-state index contributed by atoms with van der Waals surface area (Å²) in [5.74, 6) is -1.61. The highest BCUT2D eigenvalue weighted by molar-refractivity contribution is 9.10. The van der Waals surface area contributed by atoms with Gasteiger partial charge in [0.2, 0.25) is 0 Å². The lowest BCUT2D eigenvalue weighted by Crippen LogP contribution is -2.23. The second kappa shape index (κ2) is 6.59. The molecule has 2 aromatic rings. The largest absolute Gasteiger partial charge is 0.310 e. The van der Waals surface area contributed by atoms with Crippen molar-refractivity contribution in [3.05, 3.63) is 56.2 Å². The molecule has 19 heavy (non-hydrogen) atoms. The van der Waals surface area contributed by atoms with Crippen molar-refractivity contribution in [2.45, 2.75) is 19.4 Å². The summed E-state index contributed by atoms with van der Waals surface area (Å²) in [7, 11) is 0. The monoisotopic (exact) mass is 345 g/mol. The van der Waals surface area contributed by atoms with Crippen LogP contribution < -0.4 is 5.32 Å². The van der Waals surface area contributed by atoms with Gasteiger partial charge in [-0.1, -0.05) is 13.0 Å². The average Bonchev–Trinajstić information content (AvgIpc) is 2.78. The molecule has 0 spiro atoms. The number of hydrogen-bond donors (Lipinski definition) is 1. The summed E-state index contributed by atoms with van der Waals surface area (Å²) in [4.78, 5) is 1.19. The zero-order valence-electron chi connectivity index (χ0n) is 10.4. The molecule has 1 aromatic carbocycles. The number of thiophene rings is 1. The molecule has 0 bridgehead atoms. The van der Waals surface area contributed by atoms with E-state index in [9.17, 15) is 8.78 Å². The third kappa shape index (κ3) is 3.61. The Morgan fingerprint density at radius 2 is 2.05 bits per heavy atom. The van der Waals surface area contributed by atoms with Crippen LogP contribution in [-0.4, -0.2) is 6.54 Å². The minimum Gasteiger partial charge on any atom is -0.310 e. The lowest BCUT2D eigenvalue weighted by molar-refractivity contribution is 0.497. The van der Waals surface area contributed by atoms with E-state index in [1.807, 2.05) is 18.4 Å².